The minimum absolute atomic E-state index is 0.0974. The molecule has 0 N–H and O–H groups in total. The molecule has 0 spiro atoms. The van der Waals surface area contributed by atoms with Crippen LogP contribution in [0.2, 0.25) is 0 Å². The summed E-state index contributed by atoms with van der Waals surface area (Å²) < 4.78 is 63.7. The van der Waals surface area contributed by atoms with E-state index in [2.05, 4.69) is 4.18 Å². The topological polar surface area (TPSA) is 43.4 Å². The van der Waals surface area contributed by atoms with Gasteiger partial charge in [0.2, 0.25) is 0 Å². The van der Waals surface area contributed by atoms with Crippen LogP contribution < -0.4 is 0 Å². The molecule has 1 aromatic carbocycles. The number of hydrogen-bond donors (Lipinski definition) is 0. The molecule has 0 radical (unpaired) electrons. The normalized spacial score (nSPS) is 17.1. The van der Waals surface area contributed by atoms with Crippen LogP contribution in [0, 0.1) is 0 Å². The van der Waals surface area contributed by atoms with Crippen LogP contribution >= 0.6 is 0 Å². The standard InChI is InChI=1S/C13H13F3O3S/c14-13(15,16)20(17,18)19-12-9-5-4-8-11(12)10-6-2-1-3-7-10/h1-3,6-7H,4-5,8-9H2. The summed E-state index contributed by atoms with van der Waals surface area (Å²) in [6.07, 6.45) is 2.11. The Morgan fingerprint density at radius 3 is 2.20 bits per heavy atom. The highest BCUT2D eigenvalue weighted by Gasteiger charge is 2.49. The SMILES string of the molecule is O=S(=O)(OC1=C(c2ccccc2)CCCC1)C(F)(F)F. The van der Waals surface area contributed by atoms with Gasteiger partial charge in [-0.15, -0.1) is 0 Å². The van der Waals surface area contributed by atoms with Crippen LogP contribution in [-0.2, 0) is 14.3 Å². The summed E-state index contributed by atoms with van der Waals surface area (Å²) in [6, 6.07) is 8.72. The van der Waals surface area contributed by atoms with E-state index in [9.17, 15) is 21.6 Å². The minimum Gasteiger partial charge on any atom is -0.380 e. The summed E-state index contributed by atoms with van der Waals surface area (Å²) in [5.74, 6) is -0.0974. The number of alkyl halides is 3. The van der Waals surface area contributed by atoms with E-state index in [-0.39, 0.29) is 12.2 Å². The molecule has 0 unspecified atom stereocenters. The van der Waals surface area contributed by atoms with Crippen LogP contribution in [0.5, 0.6) is 0 Å². The van der Waals surface area contributed by atoms with Gasteiger partial charge in [0, 0.05) is 6.42 Å². The number of allylic oxidation sites excluding steroid dienone is 2. The summed E-state index contributed by atoms with van der Waals surface area (Å²) in [5, 5.41) is 0. The van der Waals surface area contributed by atoms with Gasteiger partial charge in [-0.2, -0.15) is 21.6 Å². The van der Waals surface area contributed by atoms with E-state index in [1.54, 1.807) is 30.3 Å². The molecule has 0 saturated heterocycles. The number of halogens is 3. The summed E-state index contributed by atoms with van der Waals surface area (Å²) >= 11 is 0. The first-order valence-electron chi connectivity index (χ1n) is 6.09. The maximum atomic E-state index is 12.4. The smallest absolute Gasteiger partial charge is 0.380 e. The Morgan fingerprint density at radius 1 is 1.00 bits per heavy atom. The van der Waals surface area contributed by atoms with Crippen molar-refractivity contribution in [2.24, 2.45) is 0 Å². The second kappa shape index (κ2) is 5.47. The third kappa shape index (κ3) is 3.15. The molecule has 1 aliphatic carbocycles. The van der Waals surface area contributed by atoms with Gasteiger partial charge in [-0.05, 0) is 30.4 Å². The molecule has 0 heterocycles. The zero-order chi connectivity index (χ0) is 14.8. The third-order valence-corrected chi connectivity index (χ3v) is 4.02. The van der Waals surface area contributed by atoms with Gasteiger partial charge in [0.05, 0.1) is 0 Å². The molecule has 0 aromatic heterocycles. The quantitative estimate of drug-likeness (QED) is 0.629. The fraction of sp³-hybridized carbons (Fsp3) is 0.385. The maximum absolute atomic E-state index is 12.4. The monoisotopic (exact) mass is 306 g/mol. The Morgan fingerprint density at radius 2 is 1.60 bits per heavy atom. The van der Waals surface area contributed by atoms with E-state index >= 15 is 0 Å². The molecule has 0 fully saturated rings. The van der Waals surface area contributed by atoms with E-state index < -0.39 is 15.6 Å². The number of hydrogen-bond acceptors (Lipinski definition) is 3. The largest absolute Gasteiger partial charge is 0.534 e. The first kappa shape index (κ1) is 14.9. The molecular formula is C13H13F3O3S. The molecule has 7 heteroatoms. The van der Waals surface area contributed by atoms with Crippen molar-refractivity contribution in [1.29, 1.82) is 0 Å². The van der Waals surface area contributed by atoms with Gasteiger partial charge < -0.3 is 4.18 Å². The van der Waals surface area contributed by atoms with E-state index in [1.807, 2.05) is 0 Å². The van der Waals surface area contributed by atoms with Crippen molar-refractivity contribution in [3.05, 3.63) is 41.7 Å². The average molecular weight is 306 g/mol. The molecule has 1 aromatic rings. The highest BCUT2D eigenvalue weighted by molar-refractivity contribution is 7.87. The predicted octanol–water partition coefficient (Wildman–Crippen LogP) is 3.84. The molecule has 0 saturated carbocycles. The fourth-order valence-electron chi connectivity index (χ4n) is 2.09. The van der Waals surface area contributed by atoms with Crippen LogP contribution in [0.4, 0.5) is 13.2 Å². The molecule has 1 aliphatic rings. The van der Waals surface area contributed by atoms with Crippen molar-refractivity contribution in [3.63, 3.8) is 0 Å². The maximum Gasteiger partial charge on any atom is 0.534 e. The Hall–Kier alpha value is -1.50. The van der Waals surface area contributed by atoms with Crippen LogP contribution in [0.3, 0.4) is 0 Å². The number of benzene rings is 1. The van der Waals surface area contributed by atoms with Gasteiger partial charge in [0.1, 0.15) is 5.76 Å². The van der Waals surface area contributed by atoms with Gasteiger partial charge in [0.15, 0.2) is 0 Å². The molecule has 20 heavy (non-hydrogen) atoms. The summed E-state index contributed by atoms with van der Waals surface area (Å²) in [7, 11) is -5.60. The zero-order valence-corrected chi connectivity index (χ0v) is 11.3. The van der Waals surface area contributed by atoms with Crippen molar-refractivity contribution in [1.82, 2.24) is 0 Å². The van der Waals surface area contributed by atoms with Gasteiger partial charge in [-0.25, -0.2) is 0 Å². The Kier molecular flexibility index (Phi) is 4.08. The second-order valence-electron chi connectivity index (χ2n) is 4.46. The van der Waals surface area contributed by atoms with Crippen molar-refractivity contribution in [2.45, 2.75) is 31.2 Å². The Labute approximate surface area is 115 Å². The molecule has 0 bridgehead atoms. The molecule has 3 nitrogen and oxygen atoms in total. The number of rotatable bonds is 3. The lowest BCUT2D eigenvalue weighted by Gasteiger charge is -2.21. The van der Waals surface area contributed by atoms with E-state index in [0.29, 0.717) is 24.0 Å². The first-order chi connectivity index (χ1) is 9.31. The third-order valence-electron chi connectivity index (χ3n) is 3.03. The lowest BCUT2D eigenvalue weighted by molar-refractivity contribution is -0.0523. The fourth-order valence-corrected chi connectivity index (χ4v) is 2.64. The summed E-state index contributed by atoms with van der Waals surface area (Å²) in [4.78, 5) is 0. The van der Waals surface area contributed by atoms with Crippen LogP contribution in [-0.4, -0.2) is 13.9 Å². The molecular weight excluding hydrogens is 293 g/mol. The lowest BCUT2D eigenvalue weighted by atomic mass is 9.92. The molecule has 2 rings (SSSR count). The van der Waals surface area contributed by atoms with E-state index in [4.69, 9.17) is 0 Å². The van der Waals surface area contributed by atoms with E-state index in [0.717, 1.165) is 6.42 Å². The lowest BCUT2D eigenvalue weighted by Crippen LogP contribution is -2.26. The van der Waals surface area contributed by atoms with Gasteiger partial charge in [0.25, 0.3) is 0 Å². The van der Waals surface area contributed by atoms with Crippen LogP contribution in [0.25, 0.3) is 5.57 Å². The van der Waals surface area contributed by atoms with Gasteiger partial charge in [-0.1, -0.05) is 30.3 Å². The molecule has 110 valence electrons. The van der Waals surface area contributed by atoms with Crippen molar-refractivity contribution in [2.75, 3.05) is 0 Å². The molecule has 0 amide bonds. The first-order valence-corrected chi connectivity index (χ1v) is 7.50. The van der Waals surface area contributed by atoms with Crippen LogP contribution in [0.15, 0.2) is 36.1 Å². The second-order valence-corrected chi connectivity index (χ2v) is 6.00. The molecule has 0 atom stereocenters. The minimum atomic E-state index is -5.60. The average Bonchev–Trinajstić information content (AvgIpc) is 2.38. The Balaban J connectivity index is 2.39. The van der Waals surface area contributed by atoms with Gasteiger partial charge >= 0.3 is 15.6 Å². The van der Waals surface area contributed by atoms with Crippen molar-refractivity contribution >= 4 is 15.7 Å². The van der Waals surface area contributed by atoms with Crippen molar-refractivity contribution in [3.8, 4) is 0 Å². The molecule has 0 aliphatic heterocycles. The van der Waals surface area contributed by atoms with E-state index in [1.165, 1.54) is 0 Å². The summed E-state index contributed by atoms with van der Waals surface area (Å²) in [5.41, 5.74) is -4.18. The Bertz CT molecular complexity index is 603. The van der Waals surface area contributed by atoms with Crippen LogP contribution in [0.1, 0.15) is 31.2 Å². The zero-order valence-electron chi connectivity index (χ0n) is 10.5. The predicted molar refractivity (Wildman–Crippen MR) is 67.9 cm³/mol. The summed E-state index contributed by atoms with van der Waals surface area (Å²) in [6.45, 7) is 0. The highest BCUT2D eigenvalue weighted by atomic mass is 32.2. The highest BCUT2D eigenvalue weighted by Crippen LogP contribution is 2.36. The van der Waals surface area contributed by atoms with Gasteiger partial charge in [-0.3, -0.25) is 0 Å². The van der Waals surface area contributed by atoms with Crippen molar-refractivity contribution < 1.29 is 25.8 Å².